The number of carbonyl (C=O) groups excluding carboxylic acids is 1. The maximum atomic E-state index is 12.7. The second-order valence-electron chi connectivity index (χ2n) is 6.42. The number of nitrogens with one attached hydrogen (secondary N) is 1. The predicted molar refractivity (Wildman–Crippen MR) is 79.5 cm³/mol. The molecule has 3 heterocycles. The quantitative estimate of drug-likeness (QED) is 0.922. The van der Waals surface area contributed by atoms with Gasteiger partial charge in [0.15, 0.2) is 0 Å². The summed E-state index contributed by atoms with van der Waals surface area (Å²) < 4.78 is 0. The molecule has 0 bridgehead atoms. The molecule has 4 nitrogen and oxygen atoms in total. The Morgan fingerprint density at radius 2 is 2.35 bits per heavy atom. The van der Waals surface area contributed by atoms with Crippen molar-refractivity contribution in [3.63, 3.8) is 0 Å². The van der Waals surface area contributed by atoms with Crippen molar-refractivity contribution in [2.45, 2.75) is 43.4 Å². The van der Waals surface area contributed by atoms with Gasteiger partial charge in [-0.25, -0.2) is 0 Å². The highest BCUT2D eigenvalue weighted by atomic mass is 32.1. The number of nitrogens with zero attached hydrogens (tertiary/aromatic N) is 2. The monoisotopic (exact) mass is 291 g/mol. The molecule has 2 atom stereocenters. The molecule has 0 radical (unpaired) electrons. The Kier molecular flexibility index (Phi) is 2.91. The topological polar surface area (TPSA) is 35.6 Å². The molecular weight excluding hydrogens is 270 g/mol. The number of likely N-dealkylation sites (N-methyl/N-ethyl adjacent to an activating group) is 1. The zero-order valence-corrected chi connectivity index (χ0v) is 12.7. The second kappa shape index (κ2) is 4.55. The van der Waals surface area contributed by atoms with Gasteiger partial charge in [-0.15, -0.1) is 0 Å². The van der Waals surface area contributed by atoms with Gasteiger partial charge in [0.1, 0.15) is 11.7 Å². The van der Waals surface area contributed by atoms with E-state index < -0.39 is 0 Å². The lowest BCUT2D eigenvalue weighted by atomic mass is 10.1. The summed E-state index contributed by atoms with van der Waals surface area (Å²) in [5, 5.41) is 7.86. The Morgan fingerprint density at radius 3 is 2.95 bits per heavy atom. The van der Waals surface area contributed by atoms with Gasteiger partial charge in [-0.05, 0) is 61.7 Å². The first kappa shape index (κ1) is 12.8. The van der Waals surface area contributed by atoms with Crippen LogP contribution in [0.5, 0.6) is 0 Å². The zero-order chi connectivity index (χ0) is 13.7. The van der Waals surface area contributed by atoms with Gasteiger partial charge in [0.25, 0.3) is 0 Å². The van der Waals surface area contributed by atoms with Gasteiger partial charge >= 0.3 is 0 Å². The van der Waals surface area contributed by atoms with Crippen molar-refractivity contribution < 1.29 is 4.79 Å². The molecule has 1 amide bonds. The van der Waals surface area contributed by atoms with Crippen molar-refractivity contribution in [1.29, 1.82) is 0 Å². The highest BCUT2D eigenvalue weighted by Gasteiger charge is 2.59. The van der Waals surface area contributed by atoms with Gasteiger partial charge in [0.05, 0.1) is 0 Å². The van der Waals surface area contributed by atoms with Gasteiger partial charge < -0.3 is 9.80 Å². The lowest BCUT2D eigenvalue weighted by Gasteiger charge is -2.29. The first-order valence-corrected chi connectivity index (χ1v) is 8.45. The summed E-state index contributed by atoms with van der Waals surface area (Å²) >= 11 is 1.71. The summed E-state index contributed by atoms with van der Waals surface area (Å²) in [6.07, 6.45) is 4.56. The number of hydrogen-bond acceptors (Lipinski definition) is 4. The van der Waals surface area contributed by atoms with Crippen LogP contribution in [-0.2, 0) is 4.79 Å². The fraction of sp³-hybridized carbons (Fsp3) is 0.667. The van der Waals surface area contributed by atoms with Crippen LogP contribution in [0.1, 0.15) is 37.4 Å². The summed E-state index contributed by atoms with van der Waals surface area (Å²) in [6.45, 7) is 2.03. The number of thiophene rings is 1. The standard InChI is InChI=1S/C15H21N3OS/c1-17-7-2-3-12(17)9-18-13(11-4-8-20-10-11)16-15(5-6-15)14(18)19/h4,8,10,12-13,16H,2-3,5-7,9H2,1H3. The third kappa shape index (κ3) is 1.91. The average Bonchev–Trinajstić information content (AvgIpc) is 2.79. The zero-order valence-electron chi connectivity index (χ0n) is 11.8. The molecule has 1 spiro atoms. The maximum absolute atomic E-state index is 12.7. The molecule has 1 N–H and O–H groups in total. The lowest BCUT2D eigenvalue weighted by molar-refractivity contribution is -0.131. The summed E-state index contributed by atoms with van der Waals surface area (Å²) in [6, 6.07) is 2.67. The van der Waals surface area contributed by atoms with Crippen LogP contribution in [-0.4, -0.2) is 47.4 Å². The normalized spacial score (nSPS) is 32.5. The molecule has 3 fully saturated rings. The van der Waals surface area contributed by atoms with Crippen molar-refractivity contribution in [2.75, 3.05) is 20.1 Å². The molecule has 1 aromatic rings. The Bertz CT molecular complexity index is 511. The average molecular weight is 291 g/mol. The summed E-state index contributed by atoms with van der Waals surface area (Å²) in [4.78, 5) is 17.2. The molecule has 1 saturated carbocycles. The summed E-state index contributed by atoms with van der Waals surface area (Å²) in [5.74, 6) is 0.328. The van der Waals surface area contributed by atoms with Gasteiger partial charge in [-0.1, -0.05) is 0 Å². The van der Waals surface area contributed by atoms with E-state index in [-0.39, 0.29) is 11.7 Å². The fourth-order valence-corrected chi connectivity index (χ4v) is 4.27. The molecule has 4 rings (SSSR count). The third-order valence-electron chi connectivity index (χ3n) is 5.08. The Morgan fingerprint density at radius 1 is 1.50 bits per heavy atom. The molecule has 2 saturated heterocycles. The Hall–Kier alpha value is -0.910. The van der Waals surface area contributed by atoms with Crippen LogP contribution in [0.25, 0.3) is 0 Å². The fourth-order valence-electron chi connectivity index (χ4n) is 3.60. The van der Waals surface area contributed by atoms with E-state index in [1.165, 1.54) is 18.4 Å². The van der Waals surface area contributed by atoms with Crippen molar-refractivity contribution in [3.8, 4) is 0 Å². The molecule has 2 aliphatic heterocycles. The van der Waals surface area contributed by atoms with Crippen LogP contribution in [0.4, 0.5) is 0 Å². The van der Waals surface area contributed by atoms with Crippen molar-refractivity contribution >= 4 is 17.2 Å². The highest BCUT2D eigenvalue weighted by molar-refractivity contribution is 7.07. The van der Waals surface area contributed by atoms with E-state index in [1.807, 2.05) is 0 Å². The number of hydrogen-bond donors (Lipinski definition) is 1. The molecule has 3 aliphatic rings. The van der Waals surface area contributed by atoms with Crippen molar-refractivity contribution in [1.82, 2.24) is 15.1 Å². The van der Waals surface area contributed by atoms with Crippen molar-refractivity contribution in [3.05, 3.63) is 22.4 Å². The third-order valence-corrected chi connectivity index (χ3v) is 5.78. The van der Waals surface area contributed by atoms with Crippen LogP contribution in [0.3, 0.4) is 0 Å². The molecule has 108 valence electrons. The van der Waals surface area contributed by atoms with E-state index >= 15 is 0 Å². The van der Waals surface area contributed by atoms with Crippen LogP contribution in [0, 0.1) is 0 Å². The second-order valence-corrected chi connectivity index (χ2v) is 7.20. The molecular formula is C15H21N3OS. The molecule has 1 aliphatic carbocycles. The molecule has 1 aromatic heterocycles. The molecule has 5 heteroatoms. The van der Waals surface area contributed by atoms with Gasteiger partial charge in [0.2, 0.25) is 5.91 Å². The lowest BCUT2D eigenvalue weighted by Crippen LogP contribution is -2.41. The molecule has 2 unspecified atom stereocenters. The van der Waals surface area contributed by atoms with E-state index in [9.17, 15) is 4.79 Å². The number of likely N-dealkylation sites (tertiary alicyclic amines) is 1. The SMILES string of the molecule is CN1CCCC1CN1C(=O)C2(CC2)NC1c1ccsc1. The van der Waals surface area contributed by atoms with E-state index in [2.05, 4.69) is 39.0 Å². The number of carbonyl (C=O) groups is 1. The first-order chi connectivity index (χ1) is 9.70. The van der Waals surface area contributed by atoms with Crippen LogP contribution in [0.2, 0.25) is 0 Å². The maximum Gasteiger partial charge on any atom is 0.244 e. The van der Waals surface area contributed by atoms with E-state index in [4.69, 9.17) is 0 Å². The summed E-state index contributed by atoms with van der Waals surface area (Å²) in [7, 11) is 2.18. The predicted octanol–water partition coefficient (Wildman–Crippen LogP) is 1.81. The number of rotatable bonds is 3. The number of amides is 1. The highest BCUT2D eigenvalue weighted by Crippen LogP contribution is 2.46. The summed E-state index contributed by atoms with van der Waals surface area (Å²) in [5.41, 5.74) is 1.02. The van der Waals surface area contributed by atoms with Crippen molar-refractivity contribution in [2.24, 2.45) is 0 Å². The largest absolute Gasteiger partial charge is 0.320 e. The van der Waals surface area contributed by atoms with Crippen LogP contribution in [0.15, 0.2) is 16.8 Å². The first-order valence-electron chi connectivity index (χ1n) is 7.51. The Labute approximate surface area is 123 Å². The smallest absolute Gasteiger partial charge is 0.244 e. The van der Waals surface area contributed by atoms with E-state index in [0.717, 1.165) is 25.9 Å². The van der Waals surface area contributed by atoms with Gasteiger partial charge in [-0.3, -0.25) is 10.1 Å². The van der Waals surface area contributed by atoms with Gasteiger partial charge in [0, 0.05) is 12.6 Å². The van der Waals surface area contributed by atoms with Crippen LogP contribution >= 0.6 is 11.3 Å². The minimum atomic E-state index is -0.218. The van der Waals surface area contributed by atoms with Gasteiger partial charge in [-0.2, -0.15) is 11.3 Å². The van der Waals surface area contributed by atoms with E-state index in [0.29, 0.717) is 11.9 Å². The minimum absolute atomic E-state index is 0.0882. The minimum Gasteiger partial charge on any atom is -0.320 e. The Balaban J connectivity index is 1.59. The van der Waals surface area contributed by atoms with Crippen LogP contribution < -0.4 is 5.32 Å². The molecule has 0 aromatic carbocycles. The molecule has 20 heavy (non-hydrogen) atoms. The van der Waals surface area contributed by atoms with E-state index in [1.54, 1.807) is 11.3 Å².